The molecular weight excluding hydrogens is 560 g/mol. The third-order valence-electron chi connectivity index (χ3n) is 7.39. The second-order valence-electron chi connectivity index (χ2n) is 10.2. The van der Waals surface area contributed by atoms with Crippen LogP contribution in [-0.4, -0.2) is 72.2 Å². The monoisotopic (exact) mass is 590 g/mol. The van der Waals surface area contributed by atoms with Crippen LogP contribution >= 0.6 is 22.9 Å². The van der Waals surface area contributed by atoms with Gasteiger partial charge in [0.15, 0.2) is 5.71 Å². The van der Waals surface area contributed by atoms with E-state index in [9.17, 15) is 13.2 Å². The van der Waals surface area contributed by atoms with Crippen molar-refractivity contribution in [2.45, 2.75) is 48.1 Å². The van der Waals surface area contributed by atoms with Crippen LogP contribution in [0, 0.1) is 0 Å². The van der Waals surface area contributed by atoms with E-state index in [4.69, 9.17) is 27.3 Å². The summed E-state index contributed by atoms with van der Waals surface area (Å²) in [6.07, 6.45) is 2.16. The minimum Gasteiger partial charge on any atom is -0.477 e. The van der Waals surface area contributed by atoms with Gasteiger partial charge in [0.05, 0.1) is 4.34 Å². The summed E-state index contributed by atoms with van der Waals surface area (Å²) in [7, 11) is -3.56. The minimum atomic E-state index is -3.56. The average Bonchev–Trinajstić information content (AvgIpc) is 3.65. The molecule has 39 heavy (non-hydrogen) atoms. The van der Waals surface area contributed by atoms with Gasteiger partial charge in [0.1, 0.15) is 9.81 Å². The zero-order chi connectivity index (χ0) is 27.6. The zero-order valence-corrected chi connectivity index (χ0v) is 23.7. The molecule has 2 aromatic carbocycles. The number of thiophene rings is 1. The molecule has 1 spiro atoms. The van der Waals surface area contributed by atoms with Gasteiger partial charge in [0.2, 0.25) is 0 Å². The summed E-state index contributed by atoms with van der Waals surface area (Å²) in [5.74, 6) is -1.10. The fourth-order valence-electron chi connectivity index (χ4n) is 5.20. The largest absolute Gasteiger partial charge is 0.477 e. The molecule has 12 heteroatoms. The summed E-state index contributed by atoms with van der Waals surface area (Å²) in [5.41, 5.74) is 6.61. The Balaban J connectivity index is 0.000000163. The van der Waals surface area contributed by atoms with Crippen LogP contribution in [0.2, 0.25) is 4.34 Å². The van der Waals surface area contributed by atoms with E-state index in [2.05, 4.69) is 52.5 Å². The molecule has 3 aromatic rings. The lowest BCUT2D eigenvalue weighted by molar-refractivity contribution is -0.129. The first-order valence-corrected chi connectivity index (χ1v) is 15.5. The second kappa shape index (κ2) is 11.5. The molecule has 3 aliphatic rings. The van der Waals surface area contributed by atoms with Gasteiger partial charge in [-0.25, -0.2) is 13.2 Å². The number of sulfonamides is 1. The van der Waals surface area contributed by atoms with Gasteiger partial charge in [-0.1, -0.05) is 53.2 Å². The number of oxime groups is 1. The normalized spacial score (nSPS) is 21.4. The summed E-state index contributed by atoms with van der Waals surface area (Å²) < 4.78 is 27.0. The number of rotatable bonds is 5. The Hall–Kier alpha value is -2.54. The SMILES string of the molecule is NC1CCN(Cc2ccc3ccccc3c2)C1.O=C(O)C1=NOC2(CCN(S(=O)(=O)c3ccc(Cl)s3)CC2)C1. The van der Waals surface area contributed by atoms with Crippen LogP contribution in [-0.2, 0) is 26.2 Å². The number of aliphatic carboxylic acids is 1. The van der Waals surface area contributed by atoms with Gasteiger partial charge in [0, 0.05) is 58.0 Å². The molecule has 3 aliphatic heterocycles. The standard InChI is InChI=1S/C15H18N2.C12H13ClN2O5S2/c16-15-7-8-17(11-15)10-12-5-6-13-3-1-2-4-14(13)9-12;13-9-1-2-10(21-9)22(18,19)15-5-3-12(4-6-15)7-8(11(16)17)14-20-12/h1-6,9,15H,7-8,10-11,16H2;1-2H,3-7H2,(H,16,17). The van der Waals surface area contributed by atoms with Crippen molar-refractivity contribution in [1.82, 2.24) is 9.21 Å². The summed E-state index contributed by atoms with van der Waals surface area (Å²) in [5, 5.41) is 15.2. The highest BCUT2D eigenvalue weighted by Crippen LogP contribution is 2.37. The van der Waals surface area contributed by atoms with Crippen molar-refractivity contribution < 1.29 is 23.2 Å². The fraction of sp³-hybridized carbons (Fsp3) is 0.407. The Kier molecular flexibility index (Phi) is 8.27. The molecule has 1 atom stereocenters. The van der Waals surface area contributed by atoms with Gasteiger partial charge < -0.3 is 15.7 Å². The second-order valence-corrected chi connectivity index (χ2v) is 14.1. The number of piperidine rings is 1. The number of carbonyl (C=O) groups is 1. The van der Waals surface area contributed by atoms with Crippen LogP contribution in [0.25, 0.3) is 10.8 Å². The van der Waals surface area contributed by atoms with Gasteiger partial charge >= 0.3 is 5.97 Å². The lowest BCUT2D eigenvalue weighted by Gasteiger charge is -2.36. The Morgan fingerprint density at radius 1 is 1.13 bits per heavy atom. The molecule has 4 heterocycles. The molecule has 3 N–H and O–H groups in total. The van der Waals surface area contributed by atoms with Crippen molar-refractivity contribution in [2.24, 2.45) is 10.9 Å². The Labute approximate surface area is 236 Å². The Bertz CT molecular complexity index is 1480. The van der Waals surface area contributed by atoms with Crippen LogP contribution < -0.4 is 5.73 Å². The quantitative estimate of drug-likeness (QED) is 0.457. The van der Waals surface area contributed by atoms with E-state index < -0.39 is 21.6 Å². The number of carboxylic acids is 1. The average molecular weight is 591 g/mol. The number of nitrogens with two attached hydrogens (primary N) is 1. The molecule has 0 amide bonds. The topological polar surface area (TPSA) is 126 Å². The molecule has 208 valence electrons. The highest BCUT2D eigenvalue weighted by Gasteiger charge is 2.46. The number of hydrogen-bond acceptors (Lipinski definition) is 8. The van der Waals surface area contributed by atoms with Gasteiger partial charge in [-0.2, -0.15) is 4.31 Å². The van der Waals surface area contributed by atoms with Crippen LogP contribution in [0.15, 0.2) is 64.0 Å². The molecule has 0 radical (unpaired) electrons. The highest BCUT2D eigenvalue weighted by atomic mass is 35.5. The van der Waals surface area contributed by atoms with Gasteiger partial charge in [-0.05, 0) is 41.0 Å². The number of carboxylic acid groups (broad SMARTS) is 1. The van der Waals surface area contributed by atoms with E-state index in [0.717, 1.165) is 37.4 Å². The van der Waals surface area contributed by atoms with Gasteiger partial charge in [-0.3, -0.25) is 4.90 Å². The first kappa shape index (κ1) is 28.0. The van der Waals surface area contributed by atoms with Crippen molar-refractivity contribution in [1.29, 1.82) is 0 Å². The number of nitrogens with zero attached hydrogens (tertiary/aromatic N) is 3. The van der Waals surface area contributed by atoms with Crippen molar-refractivity contribution in [2.75, 3.05) is 26.2 Å². The predicted octanol–water partition coefficient (Wildman–Crippen LogP) is 4.16. The summed E-state index contributed by atoms with van der Waals surface area (Å²) >= 11 is 6.81. The number of halogens is 1. The lowest BCUT2D eigenvalue weighted by Crippen LogP contribution is -2.46. The molecule has 0 aliphatic carbocycles. The van der Waals surface area contributed by atoms with Gasteiger partial charge in [-0.15, -0.1) is 11.3 Å². The van der Waals surface area contributed by atoms with Crippen LogP contribution in [0.4, 0.5) is 0 Å². The van der Waals surface area contributed by atoms with E-state index in [-0.39, 0.29) is 29.4 Å². The zero-order valence-electron chi connectivity index (χ0n) is 21.3. The molecule has 1 unspecified atom stereocenters. The first-order chi connectivity index (χ1) is 18.6. The molecule has 0 saturated carbocycles. The minimum absolute atomic E-state index is 0.0126. The predicted molar refractivity (Wildman–Crippen MR) is 153 cm³/mol. The van der Waals surface area contributed by atoms with Crippen molar-refractivity contribution in [3.05, 3.63) is 64.5 Å². The molecule has 1 aromatic heterocycles. The maximum absolute atomic E-state index is 12.5. The molecule has 6 rings (SSSR count). The van der Waals surface area contributed by atoms with E-state index in [1.165, 1.54) is 26.7 Å². The smallest absolute Gasteiger partial charge is 0.353 e. The fourth-order valence-corrected chi connectivity index (χ4v) is 8.28. The molecule has 0 bridgehead atoms. The van der Waals surface area contributed by atoms with Crippen LogP contribution in [0.3, 0.4) is 0 Å². The maximum Gasteiger partial charge on any atom is 0.353 e. The summed E-state index contributed by atoms with van der Waals surface area (Å²) in [6.45, 7) is 3.72. The van der Waals surface area contributed by atoms with Crippen molar-refractivity contribution in [3.8, 4) is 0 Å². The van der Waals surface area contributed by atoms with E-state index >= 15 is 0 Å². The van der Waals surface area contributed by atoms with Gasteiger partial charge in [0.25, 0.3) is 10.0 Å². The lowest BCUT2D eigenvalue weighted by atomic mass is 9.88. The molecular formula is C27H31ClN4O5S2. The Morgan fingerprint density at radius 3 is 2.49 bits per heavy atom. The molecule has 2 saturated heterocycles. The molecule has 2 fully saturated rings. The third-order valence-corrected chi connectivity index (χ3v) is 11.0. The highest BCUT2D eigenvalue weighted by molar-refractivity contribution is 7.91. The van der Waals surface area contributed by atoms with E-state index in [1.54, 1.807) is 6.07 Å². The van der Waals surface area contributed by atoms with Crippen molar-refractivity contribution >= 4 is 55.4 Å². The van der Waals surface area contributed by atoms with Crippen LogP contribution in [0.1, 0.15) is 31.2 Å². The number of likely N-dealkylation sites (tertiary alicyclic amines) is 1. The number of hydrogen-bond donors (Lipinski definition) is 2. The maximum atomic E-state index is 12.5. The first-order valence-electron chi connectivity index (χ1n) is 12.8. The summed E-state index contributed by atoms with van der Waals surface area (Å²) in [6, 6.07) is 18.7. The number of fused-ring (bicyclic) bond motifs is 1. The van der Waals surface area contributed by atoms with E-state index in [1.807, 2.05) is 0 Å². The molecule has 9 nitrogen and oxygen atoms in total. The Morgan fingerprint density at radius 2 is 1.87 bits per heavy atom. The van der Waals surface area contributed by atoms with E-state index in [0.29, 0.717) is 23.2 Å². The third kappa shape index (κ3) is 6.45. The van der Waals surface area contributed by atoms with Crippen LogP contribution in [0.5, 0.6) is 0 Å². The van der Waals surface area contributed by atoms with Crippen molar-refractivity contribution in [3.63, 3.8) is 0 Å². The summed E-state index contributed by atoms with van der Waals surface area (Å²) in [4.78, 5) is 18.6. The number of benzene rings is 2.